The Kier molecular flexibility index (Phi) is 2.93. The number of hydrogen-bond donors (Lipinski definition) is 0. The molecular formula is C11H9N3OS. The fourth-order valence-electron chi connectivity index (χ4n) is 1.32. The summed E-state index contributed by atoms with van der Waals surface area (Å²) in [5.41, 5.74) is 0.364. The van der Waals surface area contributed by atoms with Crippen LogP contribution in [0.15, 0.2) is 28.3 Å². The van der Waals surface area contributed by atoms with Crippen LogP contribution in [0.2, 0.25) is 0 Å². The molecule has 2 aromatic heterocycles. The lowest BCUT2D eigenvalue weighted by atomic mass is 10.3. The molecule has 0 aromatic carbocycles. The first-order valence-electron chi connectivity index (χ1n) is 4.62. The van der Waals surface area contributed by atoms with Gasteiger partial charge < -0.3 is 0 Å². The summed E-state index contributed by atoms with van der Waals surface area (Å²) in [6, 6.07) is 3.44. The van der Waals surface area contributed by atoms with E-state index in [1.54, 1.807) is 25.4 Å². The molecule has 2 rings (SSSR count). The Labute approximate surface area is 96.7 Å². The fraction of sp³-hybridized carbons (Fsp3) is 0.182. The van der Waals surface area contributed by atoms with Gasteiger partial charge in [0.1, 0.15) is 0 Å². The van der Waals surface area contributed by atoms with Gasteiger partial charge in [-0.15, -0.1) is 6.42 Å². The van der Waals surface area contributed by atoms with Gasteiger partial charge in [-0.05, 0) is 12.1 Å². The van der Waals surface area contributed by atoms with Crippen molar-refractivity contribution in [3.63, 3.8) is 0 Å². The second-order valence-electron chi connectivity index (χ2n) is 3.13. The van der Waals surface area contributed by atoms with E-state index in [0.717, 1.165) is 0 Å². The van der Waals surface area contributed by atoms with Crippen molar-refractivity contribution in [1.29, 1.82) is 0 Å². The predicted molar refractivity (Wildman–Crippen MR) is 64.3 cm³/mol. The zero-order valence-corrected chi connectivity index (χ0v) is 9.49. The minimum atomic E-state index is -0.0994. The first kappa shape index (κ1) is 10.7. The van der Waals surface area contributed by atoms with Crippen molar-refractivity contribution in [1.82, 2.24) is 14.5 Å². The quantitative estimate of drug-likeness (QED) is 0.440. The lowest BCUT2D eigenvalue weighted by Crippen LogP contribution is -2.20. The molecule has 2 heterocycles. The van der Waals surface area contributed by atoms with E-state index in [1.165, 1.54) is 16.3 Å². The van der Waals surface area contributed by atoms with Gasteiger partial charge in [0.25, 0.3) is 5.56 Å². The molecule has 2 aromatic rings. The number of thioether (sulfide) groups is 1. The molecule has 0 N–H and O–H groups in total. The minimum Gasteiger partial charge on any atom is -0.290 e. The Morgan fingerprint density at radius 2 is 2.44 bits per heavy atom. The Morgan fingerprint density at radius 3 is 3.19 bits per heavy atom. The number of pyridine rings is 1. The third-order valence-corrected chi connectivity index (χ3v) is 3.03. The van der Waals surface area contributed by atoms with Crippen LogP contribution in [0.4, 0.5) is 0 Å². The monoisotopic (exact) mass is 231 g/mol. The number of nitrogens with zero attached hydrogens (tertiary/aromatic N) is 3. The molecule has 0 bridgehead atoms. The summed E-state index contributed by atoms with van der Waals surface area (Å²) in [6.45, 7) is 0. The Hall–Kier alpha value is -1.80. The maximum absolute atomic E-state index is 11.9. The molecule has 0 amide bonds. The molecule has 0 spiro atoms. The van der Waals surface area contributed by atoms with E-state index in [9.17, 15) is 4.79 Å². The summed E-state index contributed by atoms with van der Waals surface area (Å²) < 4.78 is 1.49. The molecule has 0 aliphatic rings. The van der Waals surface area contributed by atoms with Crippen LogP contribution in [-0.4, -0.2) is 20.3 Å². The molecule has 80 valence electrons. The molecule has 0 fully saturated rings. The van der Waals surface area contributed by atoms with Crippen LogP contribution in [0.25, 0.3) is 11.0 Å². The Bertz CT molecular complexity index is 627. The molecule has 0 atom stereocenters. The number of terminal acetylenes is 1. The predicted octanol–water partition coefficient (Wildman–Crippen LogP) is 1.05. The zero-order valence-electron chi connectivity index (χ0n) is 8.67. The molecule has 0 aliphatic carbocycles. The third kappa shape index (κ3) is 1.79. The van der Waals surface area contributed by atoms with Crippen LogP contribution in [0, 0.1) is 12.3 Å². The van der Waals surface area contributed by atoms with Crippen LogP contribution in [0.1, 0.15) is 0 Å². The normalized spacial score (nSPS) is 10.2. The largest absolute Gasteiger partial charge is 0.290 e. The molecule has 4 nitrogen and oxygen atoms in total. The standard InChI is InChI=1S/C11H9N3OS/c1-3-7-16-11-13-9-8(5-4-6-12-9)10(15)14(11)2/h1,4-6H,7H2,2H3. The van der Waals surface area contributed by atoms with Gasteiger partial charge in [-0.3, -0.25) is 9.36 Å². The van der Waals surface area contributed by atoms with Crippen molar-refractivity contribution in [3.8, 4) is 12.3 Å². The highest BCUT2D eigenvalue weighted by molar-refractivity contribution is 7.99. The summed E-state index contributed by atoms with van der Waals surface area (Å²) in [5.74, 6) is 2.98. The van der Waals surface area contributed by atoms with E-state index in [-0.39, 0.29) is 5.56 Å². The van der Waals surface area contributed by atoms with E-state index in [2.05, 4.69) is 15.9 Å². The summed E-state index contributed by atoms with van der Waals surface area (Å²) in [5, 5.41) is 1.12. The highest BCUT2D eigenvalue weighted by atomic mass is 32.2. The summed E-state index contributed by atoms with van der Waals surface area (Å²) >= 11 is 1.35. The first-order valence-corrected chi connectivity index (χ1v) is 5.60. The van der Waals surface area contributed by atoms with Crippen LogP contribution in [0.3, 0.4) is 0 Å². The molecule has 0 radical (unpaired) electrons. The molecule has 16 heavy (non-hydrogen) atoms. The molecular weight excluding hydrogens is 222 g/mol. The van der Waals surface area contributed by atoms with Crippen molar-refractivity contribution >= 4 is 22.8 Å². The van der Waals surface area contributed by atoms with Crippen LogP contribution >= 0.6 is 11.8 Å². The van der Waals surface area contributed by atoms with E-state index < -0.39 is 0 Å². The summed E-state index contributed by atoms with van der Waals surface area (Å²) in [7, 11) is 1.68. The maximum atomic E-state index is 11.9. The number of aromatic nitrogens is 3. The second kappa shape index (κ2) is 4.37. The number of hydrogen-bond acceptors (Lipinski definition) is 4. The van der Waals surface area contributed by atoms with E-state index in [0.29, 0.717) is 21.9 Å². The van der Waals surface area contributed by atoms with E-state index in [4.69, 9.17) is 6.42 Å². The fourth-order valence-corrected chi connectivity index (χ4v) is 1.96. The third-order valence-electron chi connectivity index (χ3n) is 2.09. The molecule has 0 saturated heterocycles. The smallest absolute Gasteiger partial charge is 0.263 e. The molecule has 5 heteroatoms. The average Bonchev–Trinajstić information content (AvgIpc) is 2.32. The van der Waals surface area contributed by atoms with Crippen LogP contribution < -0.4 is 5.56 Å². The molecule has 0 saturated carbocycles. The highest BCUT2D eigenvalue weighted by Gasteiger charge is 2.08. The second-order valence-corrected chi connectivity index (χ2v) is 4.07. The molecule has 0 aliphatic heterocycles. The van der Waals surface area contributed by atoms with Gasteiger partial charge in [0.2, 0.25) is 0 Å². The van der Waals surface area contributed by atoms with Crippen molar-refractivity contribution in [2.75, 3.05) is 5.75 Å². The van der Waals surface area contributed by atoms with Crippen molar-refractivity contribution in [2.45, 2.75) is 5.16 Å². The van der Waals surface area contributed by atoms with Gasteiger partial charge in [0, 0.05) is 13.2 Å². The number of fused-ring (bicyclic) bond motifs is 1. The molecule has 0 unspecified atom stereocenters. The highest BCUT2D eigenvalue weighted by Crippen LogP contribution is 2.14. The van der Waals surface area contributed by atoms with Gasteiger partial charge in [-0.25, -0.2) is 9.97 Å². The van der Waals surface area contributed by atoms with Crippen molar-refractivity contribution in [3.05, 3.63) is 28.7 Å². The van der Waals surface area contributed by atoms with Crippen LogP contribution in [0.5, 0.6) is 0 Å². The maximum Gasteiger partial charge on any atom is 0.263 e. The van der Waals surface area contributed by atoms with Gasteiger partial charge in [0.05, 0.1) is 11.1 Å². The Balaban J connectivity index is 2.65. The van der Waals surface area contributed by atoms with Crippen molar-refractivity contribution in [2.24, 2.45) is 7.05 Å². The van der Waals surface area contributed by atoms with Crippen LogP contribution in [-0.2, 0) is 7.05 Å². The SMILES string of the molecule is C#CCSc1nc2ncccc2c(=O)n1C. The summed E-state index contributed by atoms with van der Waals surface area (Å²) in [4.78, 5) is 20.3. The number of rotatable bonds is 2. The summed E-state index contributed by atoms with van der Waals surface area (Å²) in [6.07, 6.45) is 6.79. The van der Waals surface area contributed by atoms with Gasteiger partial charge in [-0.1, -0.05) is 17.7 Å². The lowest BCUT2D eigenvalue weighted by molar-refractivity contribution is 0.724. The van der Waals surface area contributed by atoms with Gasteiger partial charge in [-0.2, -0.15) is 0 Å². The van der Waals surface area contributed by atoms with E-state index >= 15 is 0 Å². The van der Waals surface area contributed by atoms with Gasteiger partial charge in [0.15, 0.2) is 10.8 Å². The van der Waals surface area contributed by atoms with Gasteiger partial charge >= 0.3 is 0 Å². The van der Waals surface area contributed by atoms with E-state index in [1.807, 2.05) is 0 Å². The topological polar surface area (TPSA) is 47.8 Å². The lowest BCUT2D eigenvalue weighted by Gasteiger charge is -2.05. The zero-order chi connectivity index (χ0) is 11.5. The average molecular weight is 231 g/mol. The Morgan fingerprint density at radius 1 is 1.62 bits per heavy atom. The minimum absolute atomic E-state index is 0.0994. The van der Waals surface area contributed by atoms with Crippen molar-refractivity contribution < 1.29 is 0 Å². The first-order chi connectivity index (χ1) is 7.74.